The predicted molar refractivity (Wildman–Crippen MR) is 76.5 cm³/mol. The Kier molecular flexibility index (Phi) is 6.78. The minimum absolute atomic E-state index is 0.266. The molecule has 2 atom stereocenters. The molecule has 18 heavy (non-hydrogen) atoms. The minimum Gasteiger partial charge on any atom is -0.306 e. The molecule has 0 bridgehead atoms. The van der Waals surface area contributed by atoms with Gasteiger partial charge >= 0.3 is 0 Å². The Morgan fingerprint density at radius 1 is 1.28 bits per heavy atom. The van der Waals surface area contributed by atoms with Crippen LogP contribution in [-0.4, -0.2) is 6.04 Å². The van der Waals surface area contributed by atoms with Gasteiger partial charge in [0.1, 0.15) is 0 Å². The second-order valence-electron chi connectivity index (χ2n) is 4.53. The quantitative estimate of drug-likeness (QED) is 0.789. The number of nitrogens with zero attached hydrogens (tertiary/aromatic N) is 1. The average Bonchev–Trinajstić information content (AvgIpc) is 2.38. The summed E-state index contributed by atoms with van der Waals surface area (Å²) >= 11 is 5.91. The first-order chi connectivity index (χ1) is 8.71. The predicted octanol–water partition coefficient (Wildman–Crippen LogP) is 4.46. The van der Waals surface area contributed by atoms with Crippen LogP contribution < -0.4 is 5.32 Å². The summed E-state index contributed by atoms with van der Waals surface area (Å²) in [4.78, 5) is 0. The third-order valence-electron chi connectivity index (χ3n) is 3.12. The van der Waals surface area contributed by atoms with Crippen LogP contribution in [0.3, 0.4) is 0 Å². The molecule has 98 valence electrons. The van der Waals surface area contributed by atoms with Crippen LogP contribution >= 0.6 is 11.6 Å². The van der Waals surface area contributed by atoms with Crippen LogP contribution in [0.25, 0.3) is 0 Å². The van der Waals surface area contributed by atoms with Crippen molar-refractivity contribution in [1.29, 1.82) is 5.26 Å². The summed E-state index contributed by atoms with van der Waals surface area (Å²) in [7, 11) is 0. The molecule has 0 saturated carbocycles. The van der Waals surface area contributed by atoms with E-state index in [0.29, 0.717) is 12.5 Å². The summed E-state index contributed by atoms with van der Waals surface area (Å²) in [6.07, 6.45) is 3.72. The first-order valence-corrected chi connectivity index (χ1v) is 6.97. The first-order valence-electron chi connectivity index (χ1n) is 6.59. The van der Waals surface area contributed by atoms with Crippen LogP contribution in [0.4, 0.5) is 0 Å². The fourth-order valence-corrected chi connectivity index (χ4v) is 2.17. The lowest BCUT2D eigenvalue weighted by atomic mass is 10.00. The fourth-order valence-electron chi connectivity index (χ4n) is 2.05. The molecule has 3 heteroatoms. The Morgan fingerprint density at radius 2 is 1.94 bits per heavy atom. The van der Waals surface area contributed by atoms with Gasteiger partial charge in [-0.05, 0) is 30.5 Å². The van der Waals surface area contributed by atoms with Crippen molar-refractivity contribution in [3.05, 3.63) is 34.9 Å². The van der Waals surface area contributed by atoms with Crippen molar-refractivity contribution >= 4 is 11.6 Å². The average molecular weight is 265 g/mol. The molecule has 2 nitrogen and oxygen atoms in total. The number of halogens is 1. The highest BCUT2D eigenvalue weighted by molar-refractivity contribution is 6.30. The van der Waals surface area contributed by atoms with E-state index in [4.69, 9.17) is 16.9 Å². The maximum absolute atomic E-state index is 8.81. The topological polar surface area (TPSA) is 35.8 Å². The maximum atomic E-state index is 8.81. The summed E-state index contributed by atoms with van der Waals surface area (Å²) in [6.45, 7) is 4.29. The number of nitrogens with one attached hydrogen (secondary N) is 1. The number of hydrogen-bond acceptors (Lipinski definition) is 2. The van der Waals surface area contributed by atoms with Gasteiger partial charge in [0.25, 0.3) is 0 Å². The van der Waals surface area contributed by atoms with Gasteiger partial charge < -0.3 is 5.32 Å². The highest BCUT2D eigenvalue weighted by atomic mass is 35.5. The van der Waals surface area contributed by atoms with Crippen molar-refractivity contribution in [3.63, 3.8) is 0 Å². The van der Waals surface area contributed by atoms with E-state index in [1.807, 2.05) is 12.1 Å². The molecule has 1 aromatic carbocycles. The molecule has 0 radical (unpaired) electrons. The van der Waals surface area contributed by atoms with Gasteiger partial charge in [-0.3, -0.25) is 0 Å². The molecular formula is C15H21ClN2. The van der Waals surface area contributed by atoms with Gasteiger partial charge in [-0.25, -0.2) is 0 Å². The molecule has 1 rings (SSSR count). The number of benzene rings is 1. The van der Waals surface area contributed by atoms with Crippen molar-refractivity contribution in [3.8, 4) is 6.07 Å². The summed E-state index contributed by atoms with van der Waals surface area (Å²) in [5.41, 5.74) is 1.25. The molecule has 0 aliphatic carbocycles. The van der Waals surface area contributed by atoms with Crippen LogP contribution in [0.15, 0.2) is 24.3 Å². The number of rotatable bonds is 7. The van der Waals surface area contributed by atoms with Crippen molar-refractivity contribution in [2.24, 2.45) is 0 Å². The third-order valence-corrected chi connectivity index (χ3v) is 3.37. The summed E-state index contributed by atoms with van der Waals surface area (Å²) < 4.78 is 0. The Hall–Kier alpha value is -1.04. The Bertz CT molecular complexity index is 380. The van der Waals surface area contributed by atoms with Gasteiger partial charge in [-0.2, -0.15) is 5.26 Å². The van der Waals surface area contributed by atoms with E-state index in [9.17, 15) is 0 Å². The van der Waals surface area contributed by atoms with Crippen LogP contribution in [0.1, 0.15) is 51.1 Å². The van der Waals surface area contributed by atoms with Gasteiger partial charge in [0, 0.05) is 17.1 Å². The zero-order chi connectivity index (χ0) is 13.4. The van der Waals surface area contributed by atoms with Crippen LogP contribution in [0.5, 0.6) is 0 Å². The molecule has 2 unspecified atom stereocenters. The van der Waals surface area contributed by atoms with Gasteiger partial charge in [0.15, 0.2) is 0 Å². The normalized spacial score (nSPS) is 13.9. The van der Waals surface area contributed by atoms with E-state index in [1.165, 1.54) is 5.56 Å². The van der Waals surface area contributed by atoms with E-state index in [2.05, 4.69) is 37.4 Å². The van der Waals surface area contributed by atoms with Crippen LogP contribution in [0.2, 0.25) is 5.02 Å². The molecular weight excluding hydrogens is 244 g/mol. The molecule has 0 saturated heterocycles. The van der Waals surface area contributed by atoms with E-state index >= 15 is 0 Å². The highest BCUT2D eigenvalue weighted by Crippen LogP contribution is 2.22. The SMILES string of the molecule is CCCC(NC(CC)CC#N)c1ccc(Cl)cc1. The Balaban J connectivity index is 2.75. The molecule has 0 amide bonds. The lowest BCUT2D eigenvalue weighted by Crippen LogP contribution is -2.32. The van der Waals surface area contributed by atoms with E-state index in [1.54, 1.807) is 0 Å². The van der Waals surface area contributed by atoms with Crippen molar-refractivity contribution in [1.82, 2.24) is 5.32 Å². The van der Waals surface area contributed by atoms with Gasteiger partial charge in [-0.15, -0.1) is 0 Å². The summed E-state index contributed by atoms with van der Waals surface area (Å²) in [5.74, 6) is 0. The largest absolute Gasteiger partial charge is 0.306 e. The van der Waals surface area contributed by atoms with Crippen LogP contribution in [0, 0.1) is 11.3 Å². The molecule has 0 spiro atoms. The van der Waals surface area contributed by atoms with Crippen molar-refractivity contribution < 1.29 is 0 Å². The smallest absolute Gasteiger partial charge is 0.0638 e. The summed E-state index contributed by atoms with van der Waals surface area (Å²) in [5, 5.41) is 13.1. The zero-order valence-electron chi connectivity index (χ0n) is 11.1. The van der Waals surface area contributed by atoms with Gasteiger partial charge in [0.05, 0.1) is 12.5 Å². The monoisotopic (exact) mass is 264 g/mol. The second-order valence-corrected chi connectivity index (χ2v) is 4.96. The van der Waals surface area contributed by atoms with E-state index < -0.39 is 0 Å². The van der Waals surface area contributed by atoms with Crippen LogP contribution in [-0.2, 0) is 0 Å². The van der Waals surface area contributed by atoms with E-state index in [0.717, 1.165) is 24.3 Å². The molecule has 1 aromatic rings. The lowest BCUT2D eigenvalue weighted by molar-refractivity contribution is 0.407. The van der Waals surface area contributed by atoms with Crippen molar-refractivity contribution in [2.75, 3.05) is 0 Å². The summed E-state index contributed by atoms with van der Waals surface area (Å²) in [6, 6.07) is 10.8. The Labute approximate surface area is 115 Å². The first kappa shape index (κ1) is 15.0. The molecule has 1 N–H and O–H groups in total. The fraction of sp³-hybridized carbons (Fsp3) is 0.533. The van der Waals surface area contributed by atoms with Crippen molar-refractivity contribution in [2.45, 2.75) is 51.6 Å². The molecule has 0 heterocycles. The molecule has 0 aliphatic rings. The standard InChI is InChI=1S/C15H21ClN2/c1-3-5-15(18-14(4-2)10-11-17)12-6-8-13(16)9-7-12/h6-9,14-15,18H,3-5,10H2,1-2H3. The van der Waals surface area contributed by atoms with E-state index in [-0.39, 0.29) is 6.04 Å². The molecule has 0 aromatic heterocycles. The van der Waals surface area contributed by atoms with Gasteiger partial charge in [0.2, 0.25) is 0 Å². The maximum Gasteiger partial charge on any atom is 0.0638 e. The zero-order valence-corrected chi connectivity index (χ0v) is 11.9. The Morgan fingerprint density at radius 3 is 2.44 bits per heavy atom. The third kappa shape index (κ3) is 4.68. The minimum atomic E-state index is 0.266. The second kappa shape index (κ2) is 8.13. The number of nitriles is 1. The molecule has 0 fully saturated rings. The number of hydrogen-bond donors (Lipinski definition) is 1. The lowest BCUT2D eigenvalue weighted by Gasteiger charge is -2.24. The van der Waals surface area contributed by atoms with Gasteiger partial charge in [-0.1, -0.05) is 44.0 Å². The highest BCUT2D eigenvalue weighted by Gasteiger charge is 2.15. The molecule has 0 aliphatic heterocycles.